The minimum absolute atomic E-state index is 0.543. The molecular weight excluding hydrogens is 126 g/mol. The smallest absolute Gasteiger partial charge is 0.138 e. The van der Waals surface area contributed by atoms with Crippen LogP contribution in [0.15, 0.2) is 6.33 Å². The Kier molecular flexibility index (Phi) is 0.442. The van der Waals surface area contributed by atoms with Gasteiger partial charge in [-0.15, -0.1) is 0 Å². The van der Waals surface area contributed by atoms with Gasteiger partial charge in [0.05, 0.1) is 2.74 Å². The molecule has 0 bridgehead atoms. The summed E-state index contributed by atoms with van der Waals surface area (Å²) in [7, 11) is 0. The van der Waals surface area contributed by atoms with Gasteiger partial charge in [-0.25, -0.2) is 4.98 Å². The van der Waals surface area contributed by atoms with Gasteiger partial charge in [0.2, 0.25) is 0 Å². The van der Waals surface area contributed by atoms with Gasteiger partial charge in [0, 0.05) is 21.1 Å². The summed E-state index contributed by atoms with van der Waals surface area (Å²) in [5, 5.41) is 3.55. The third kappa shape index (κ3) is 0.916. The molecule has 0 N–H and O–H groups in total. The van der Waals surface area contributed by atoms with E-state index in [1.165, 1.54) is 0 Å². The summed E-state index contributed by atoms with van der Waals surface area (Å²) < 4.78 is 62.2. The molecule has 1 aliphatic heterocycles. The number of nitrogens with zero attached hydrogens (tertiary/aromatic N) is 3. The molecule has 0 aromatic carbocycles. The second-order valence-corrected chi connectivity index (χ2v) is 1.76. The van der Waals surface area contributed by atoms with Crippen LogP contribution in [0.4, 0.5) is 0 Å². The number of hydrogen-bond donors (Lipinski definition) is 0. The van der Waals surface area contributed by atoms with Gasteiger partial charge in [0.1, 0.15) is 12.2 Å². The summed E-state index contributed by atoms with van der Waals surface area (Å²) in [5.41, 5.74) is 0. The predicted molar refractivity (Wildman–Crippen MR) is 37.6 cm³/mol. The maximum Gasteiger partial charge on any atom is 0.138 e. The van der Waals surface area contributed by atoms with E-state index >= 15 is 0 Å². The number of aryl methyl sites for hydroxylation is 2. The molecule has 0 spiro atoms. The van der Waals surface area contributed by atoms with Gasteiger partial charge < -0.3 is 0 Å². The fraction of sp³-hybridized carbons (Fsp3) is 0.714. The van der Waals surface area contributed by atoms with Crippen molar-refractivity contribution in [3.05, 3.63) is 12.2 Å². The minimum Gasteiger partial charge on any atom is -0.250 e. The van der Waals surface area contributed by atoms with Crippen LogP contribution in [0.2, 0.25) is 0 Å². The Morgan fingerprint density at radius 1 is 1.60 bits per heavy atom. The molecule has 0 fully saturated rings. The summed E-state index contributed by atoms with van der Waals surface area (Å²) >= 11 is 0. The molecular formula is C7H11N3. The molecule has 1 aliphatic rings. The number of fused-ring (bicyclic) bond motifs is 1. The first kappa shape index (κ1) is 1.84. The highest BCUT2D eigenvalue weighted by Gasteiger charge is 2.06. The molecule has 10 heavy (non-hydrogen) atoms. The van der Waals surface area contributed by atoms with E-state index in [4.69, 9.17) is 11.0 Å². The van der Waals surface area contributed by atoms with Crippen LogP contribution in [0.25, 0.3) is 0 Å². The Morgan fingerprint density at radius 2 is 2.60 bits per heavy atom. The third-order valence-electron chi connectivity index (χ3n) is 1.13. The van der Waals surface area contributed by atoms with Crippen molar-refractivity contribution in [2.45, 2.75) is 32.0 Å². The molecule has 0 unspecified atom stereocenters. The van der Waals surface area contributed by atoms with Crippen molar-refractivity contribution in [3.63, 3.8) is 0 Å². The topological polar surface area (TPSA) is 30.7 Å². The Bertz CT molecular complexity index is 479. The Labute approximate surface area is 71.3 Å². The maximum absolute atomic E-state index is 7.76. The first-order chi connectivity index (χ1) is 7.93. The van der Waals surface area contributed by atoms with Gasteiger partial charge in [-0.3, -0.25) is 4.68 Å². The van der Waals surface area contributed by atoms with Crippen molar-refractivity contribution in [1.29, 1.82) is 0 Å². The molecule has 0 saturated heterocycles. The first-order valence-electron chi connectivity index (χ1n) is 6.84. The minimum atomic E-state index is -2.92. The molecule has 3 heteroatoms. The zero-order valence-corrected chi connectivity index (χ0v) is 5.13. The Hall–Kier alpha value is -0.860. The molecule has 0 aliphatic carbocycles. The molecule has 0 radical (unpaired) electrons. The fourth-order valence-electron chi connectivity index (χ4n) is 0.701. The van der Waals surface area contributed by atoms with E-state index in [-0.39, 0.29) is 0 Å². The van der Waals surface area contributed by atoms with Crippen LogP contribution in [-0.2, 0) is 12.9 Å². The van der Waals surface area contributed by atoms with Crippen LogP contribution in [0, 0.1) is 0 Å². The lowest BCUT2D eigenvalue weighted by atomic mass is 10.2. The zero-order chi connectivity index (χ0) is 14.0. The largest absolute Gasteiger partial charge is 0.250 e. The predicted octanol–water partition coefficient (Wildman–Crippen LogP) is 1.00. The average Bonchev–Trinajstić information content (AvgIpc) is 2.62. The third-order valence-corrected chi connectivity index (χ3v) is 1.13. The monoisotopic (exact) mass is 145 g/mol. The molecule has 0 amide bonds. The van der Waals surface area contributed by atoms with Crippen molar-refractivity contribution in [1.82, 2.24) is 14.8 Å². The van der Waals surface area contributed by atoms with Gasteiger partial charge in [-0.2, -0.15) is 5.10 Å². The maximum atomic E-state index is 7.76. The summed E-state index contributed by atoms with van der Waals surface area (Å²) in [6.07, 6.45) is -8.31. The highest BCUT2D eigenvalue weighted by atomic mass is 15.3. The van der Waals surface area contributed by atoms with Crippen LogP contribution in [0.1, 0.15) is 36.0 Å². The average molecular weight is 145 g/mol. The van der Waals surface area contributed by atoms with E-state index < -0.39 is 37.9 Å². The van der Waals surface area contributed by atoms with Crippen molar-refractivity contribution < 1.29 is 11.0 Å². The van der Waals surface area contributed by atoms with Gasteiger partial charge >= 0.3 is 0 Å². The SMILES string of the molecule is [2H]C1([2H])CC([2H])([2H])C([2H])([2H])C([2H])([2H])c2ncnn21. The molecule has 2 heterocycles. The van der Waals surface area contributed by atoms with Gasteiger partial charge in [-0.1, -0.05) is 6.37 Å². The molecule has 3 nitrogen and oxygen atoms in total. The second kappa shape index (κ2) is 2.40. The lowest BCUT2D eigenvalue weighted by molar-refractivity contribution is 0.575. The molecule has 0 saturated carbocycles. The Balaban J connectivity index is 2.75. The summed E-state index contributed by atoms with van der Waals surface area (Å²) in [5.74, 6) is -0.543. The normalized spacial score (nSPS) is 50.0. The van der Waals surface area contributed by atoms with Gasteiger partial charge in [-0.05, 0) is 12.8 Å². The van der Waals surface area contributed by atoms with E-state index in [1.807, 2.05) is 0 Å². The Morgan fingerprint density at radius 3 is 3.60 bits per heavy atom. The molecule has 2 rings (SSSR count). The van der Waals surface area contributed by atoms with E-state index in [0.717, 1.165) is 6.33 Å². The van der Waals surface area contributed by atoms with Crippen LogP contribution >= 0.6 is 0 Å². The molecule has 0 atom stereocenters. The van der Waals surface area contributed by atoms with E-state index in [0.29, 0.717) is 4.68 Å². The van der Waals surface area contributed by atoms with Crippen LogP contribution < -0.4 is 0 Å². The highest BCUT2D eigenvalue weighted by Crippen LogP contribution is 2.09. The van der Waals surface area contributed by atoms with E-state index in [1.54, 1.807) is 0 Å². The van der Waals surface area contributed by atoms with Crippen molar-refractivity contribution in [2.75, 3.05) is 0 Å². The second-order valence-electron chi connectivity index (χ2n) is 1.76. The van der Waals surface area contributed by atoms with E-state index in [2.05, 4.69) is 10.1 Å². The summed E-state index contributed by atoms with van der Waals surface area (Å²) in [6, 6.07) is 0. The number of aromatic nitrogens is 3. The van der Waals surface area contributed by atoms with Crippen molar-refractivity contribution in [3.8, 4) is 0 Å². The standard InChI is InChI=1S/C7H11N3/c1-2-4-7-8-6-9-10(7)5-3-1/h6H,1-5H2/i1D2,2D2,4D2,5D2. The summed E-state index contributed by atoms with van der Waals surface area (Å²) in [4.78, 5) is 3.56. The quantitative estimate of drug-likeness (QED) is 0.545. The van der Waals surface area contributed by atoms with Crippen molar-refractivity contribution in [2.24, 2.45) is 0 Å². The number of hydrogen-bond acceptors (Lipinski definition) is 2. The fourth-order valence-corrected chi connectivity index (χ4v) is 0.701. The lowest BCUT2D eigenvalue weighted by Crippen LogP contribution is -2.01. The highest BCUT2D eigenvalue weighted by molar-refractivity contribution is 4.86. The van der Waals surface area contributed by atoms with Crippen molar-refractivity contribution >= 4 is 0 Å². The first-order valence-corrected chi connectivity index (χ1v) is 2.84. The lowest BCUT2D eigenvalue weighted by Gasteiger charge is -1.96. The van der Waals surface area contributed by atoms with E-state index in [9.17, 15) is 0 Å². The molecule has 54 valence electrons. The molecule has 1 aromatic heterocycles. The zero-order valence-electron chi connectivity index (χ0n) is 13.1. The summed E-state index contributed by atoms with van der Waals surface area (Å²) in [6.45, 7) is -2.34. The van der Waals surface area contributed by atoms with Crippen LogP contribution in [0.3, 0.4) is 0 Å². The number of rotatable bonds is 0. The van der Waals surface area contributed by atoms with Gasteiger partial charge in [0.15, 0.2) is 0 Å². The van der Waals surface area contributed by atoms with Crippen LogP contribution in [-0.4, -0.2) is 14.8 Å². The van der Waals surface area contributed by atoms with Gasteiger partial charge in [0.25, 0.3) is 0 Å². The van der Waals surface area contributed by atoms with Crippen LogP contribution in [0.5, 0.6) is 0 Å². The molecule has 1 aromatic rings.